The van der Waals surface area contributed by atoms with E-state index >= 15 is 0 Å². The summed E-state index contributed by atoms with van der Waals surface area (Å²) < 4.78 is 4.95. The number of aryl methyl sites for hydroxylation is 1. The summed E-state index contributed by atoms with van der Waals surface area (Å²) in [4.78, 5) is 14.3. The van der Waals surface area contributed by atoms with Crippen LogP contribution in [0, 0.1) is 6.92 Å². The van der Waals surface area contributed by atoms with Crippen molar-refractivity contribution in [1.29, 1.82) is 0 Å². The van der Waals surface area contributed by atoms with Gasteiger partial charge in [-0.05, 0) is 38.9 Å². The Morgan fingerprint density at radius 3 is 2.50 bits per heavy atom. The lowest BCUT2D eigenvalue weighted by Gasteiger charge is -2.35. The number of rotatable bonds is 7. The van der Waals surface area contributed by atoms with E-state index in [0.717, 1.165) is 18.8 Å². The lowest BCUT2D eigenvalue weighted by Crippen LogP contribution is -2.57. The molecule has 4 nitrogen and oxygen atoms in total. The van der Waals surface area contributed by atoms with Gasteiger partial charge in [0.2, 0.25) is 0 Å². The maximum atomic E-state index is 12.1. The number of anilines is 1. The predicted octanol–water partition coefficient (Wildman–Crippen LogP) is 2.36. The van der Waals surface area contributed by atoms with Crippen LogP contribution in [0.25, 0.3) is 0 Å². The first-order valence-corrected chi connectivity index (χ1v) is 7.12. The Balaban J connectivity index is 3.01. The molecule has 112 valence electrons. The molecule has 0 saturated carbocycles. The number of methoxy groups -OCH3 is 1. The third-order valence-corrected chi connectivity index (χ3v) is 3.55. The zero-order chi connectivity index (χ0) is 15.2. The maximum Gasteiger partial charge on any atom is 0.327 e. The number of hydrogen-bond acceptors (Lipinski definition) is 4. The molecule has 0 aromatic heterocycles. The van der Waals surface area contributed by atoms with Gasteiger partial charge in [0.1, 0.15) is 5.54 Å². The number of para-hydroxylation sites is 1. The molecule has 0 amide bonds. The van der Waals surface area contributed by atoms with E-state index < -0.39 is 5.54 Å². The van der Waals surface area contributed by atoms with Crippen molar-refractivity contribution >= 4 is 11.7 Å². The second-order valence-electron chi connectivity index (χ2n) is 5.15. The summed E-state index contributed by atoms with van der Waals surface area (Å²) >= 11 is 0. The Morgan fingerprint density at radius 1 is 1.35 bits per heavy atom. The minimum atomic E-state index is -0.707. The highest BCUT2D eigenvalue weighted by molar-refractivity contribution is 5.81. The zero-order valence-electron chi connectivity index (χ0n) is 13.2. The topological polar surface area (TPSA) is 41.6 Å². The van der Waals surface area contributed by atoms with E-state index in [9.17, 15) is 4.79 Å². The van der Waals surface area contributed by atoms with E-state index in [-0.39, 0.29) is 5.97 Å². The molecular weight excluding hydrogens is 252 g/mol. The van der Waals surface area contributed by atoms with Crippen LogP contribution < -0.4 is 10.2 Å². The van der Waals surface area contributed by atoms with Crippen LogP contribution in [0.5, 0.6) is 0 Å². The second-order valence-corrected chi connectivity index (χ2v) is 5.15. The van der Waals surface area contributed by atoms with Gasteiger partial charge in [0.15, 0.2) is 0 Å². The predicted molar refractivity (Wildman–Crippen MR) is 83.2 cm³/mol. The van der Waals surface area contributed by atoms with Crippen LogP contribution in [0.3, 0.4) is 0 Å². The first-order chi connectivity index (χ1) is 9.48. The van der Waals surface area contributed by atoms with Crippen LogP contribution in [0.1, 0.15) is 26.3 Å². The molecular formula is C16H26N2O2. The maximum absolute atomic E-state index is 12.1. The minimum absolute atomic E-state index is 0.230. The highest BCUT2D eigenvalue weighted by Crippen LogP contribution is 2.22. The largest absolute Gasteiger partial charge is 0.468 e. The molecule has 1 rings (SSSR count). The van der Waals surface area contributed by atoms with Gasteiger partial charge in [-0.15, -0.1) is 0 Å². The summed E-state index contributed by atoms with van der Waals surface area (Å²) in [5, 5.41) is 3.25. The number of esters is 1. The third-order valence-electron chi connectivity index (χ3n) is 3.55. The van der Waals surface area contributed by atoms with Crippen molar-refractivity contribution in [2.24, 2.45) is 0 Å². The standard InChI is InChI=1S/C16H26N2O2/c1-6-17-16(4,15(19)20-5)12-18(7-2)14-11-9-8-10-13(14)3/h8-11,17H,6-7,12H2,1-5H3. The quantitative estimate of drug-likeness (QED) is 0.778. The Hall–Kier alpha value is -1.55. The van der Waals surface area contributed by atoms with Crippen molar-refractivity contribution in [3.63, 3.8) is 0 Å². The molecule has 0 spiro atoms. The Kier molecular flexibility index (Phi) is 6.02. The van der Waals surface area contributed by atoms with Crippen molar-refractivity contribution in [1.82, 2.24) is 5.32 Å². The summed E-state index contributed by atoms with van der Waals surface area (Å²) in [6, 6.07) is 8.22. The van der Waals surface area contributed by atoms with Crippen LogP contribution in [-0.2, 0) is 9.53 Å². The number of nitrogens with zero attached hydrogens (tertiary/aromatic N) is 1. The van der Waals surface area contributed by atoms with E-state index in [1.54, 1.807) is 0 Å². The number of benzene rings is 1. The second kappa shape index (κ2) is 7.29. The van der Waals surface area contributed by atoms with Gasteiger partial charge in [-0.25, -0.2) is 4.79 Å². The molecule has 1 unspecified atom stereocenters. The van der Waals surface area contributed by atoms with E-state index in [1.807, 2.05) is 26.0 Å². The van der Waals surface area contributed by atoms with E-state index in [0.29, 0.717) is 6.54 Å². The number of nitrogens with one attached hydrogen (secondary N) is 1. The van der Waals surface area contributed by atoms with Crippen LogP contribution in [0.4, 0.5) is 5.69 Å². The van der Waals surface area contributed by atoms with Gasteiger partial charge in [-0.3, -0.25) is 0 Å². The molecule has 0 aliphatic carbocycles. The molecule has 1 atom stereocenters. The molecule has 0 radical (unpaired) electrons. The highest BCUT2D eigenvalue weighted by atomic mass is 16.5. The third kappa shape index (κ3) is 3.73. The number of likely N-dealkylation sites (N-methyl/N-ethyl adjacent to an activating group) is 2. The van der Waals surface area contributed by atoms with E-state index in [2.05, 4.69) is 36.2 Å². The van der Waals surface area contributed by atoms with Gasteiger partial charge >= 0.3 is 5.97 Å². The Morgan fingerprint density at radius 2 is 2.00 bits per heavy atom. The highest BCUT2D eigenvalue weighted by Gasteiger charge is 2.35. The van der Waals surface area contributed by atoms with Gasteiger partial charge < -0.3 is 15.0 Å². The van der Waals surface area contributed by atoms with Gasteiger partial charge in [0, 0.05) is 18.8 Å². The zero-order valence-corrected chi connectivity index (χ0v) is 13.2. The Bertz CT molecular complexity index is 448. The van der Waals surface area contributed by atoms with Crippen LogP contribution in [0.15, 0.2) is 24.3 Å². The minimum Gasteiger partial charge on any atom is -0.468 e. The van der Waals surface area contributed by atoms with Crippen molar-refractivity contribution in [2.45, 2.75) is 33.2 Å². The smallest absolute Gasteiger partial charge is 0.327 e. The molecule has 1 aromatic carbocycles. The molecule has 0 aliphatic heterocycles. The lowest BCUT2D eigenvalue weighted by atomic mass is 10.0. The van der Waals surface area contributed by atoms with Crippen molar-refractivity contribution in [3.05, 3.63) is 29.8 Å². The molecule has 0 fully saturated rings. The van der Waals surface area contributed by atoms with Crippen molar-refractivity contribution in [2.75, 3.05) is 31.6 Å². The molecule has 20 heavy (non-hydrogen) atoms. The van der Waals surface area contributed by atoms with Gasteiger partial charge in [-0.1, -0.05) is 25.1 Å². The fraction of sp³-hybridized carbons (Fsp3) is 0.562. The summed E-state index contributed by atoms with van der Waals surface area (Å²) in [6.07, 6.45) is 0. The average Bonchev–Trinajstić information content (AvgIpc) is 2.45. The summed E-state index contributed by atoms with van der Waals surface area (Å²) in [7, 11) is 1.43. The summed E-state index contributed by atoms with van der Waals surface area (Å²) in [5.41, 5.74) is 1.66. The first kappa shape index (κ1) is 16.5. The van der Waals surface area contributed by atoms with Crippen LogP contribution in [0.2, 0.25) is 0 Å². The molecule has 1 N–H and O–H groups in total. The summed E-state index contributed by atoms with van der Waals surface area (Å²) in [5.74, 6) is -0.230. The van der Waals surface area contributed by atoms with Crippen LogP contribution >= 0.6 is 0 Å². The van der Waals surface area contributed by atoms with E-state index in [4.69, 9.17) is 4.74 Å². The van der Waals surface area contributed by atoms with E-state index in [1.165, 1.54) is 12.7 Å². The lowest BCUT2D eigenvalue weighted by molar-refractivity contribution is -0.147. The first-order valence-electron chi connectivity index (χ1n) is 7.12. The number of ether oxygens (including phenoxy) is 1. The fourth-order valence-electron chi connectivity index (χ4n) is 2.48. The summed E-state index contributed by atoms with van der Waals surface area (Å²) in [6.45, 7) is 10.2. The SMILES string of the molecule is CCNC(C)(CN(CC)c1ccccc1C)C(=O)OC. The molecule has 1 aromatic rings. The molecule has 4 heteroatoms. The molecule has 0 heterocycles. The molecule has 0 aliphatic rings. The van der Waals surface area contributed by atoms with Gasteiger partial charge in [0.25, 0.3) is 0 Å². The number of hydrogen-bond donors (Lipinski definition) is 1. The number of carbonyl (C=O) groups is 1. The average molecular weight is 278 g/mol. The fourth-order valence-corrected chi connectivity index (χ4v) is 2.48. The van der Waals surface area contributed by atoms with Gasteiger partial charge in [-0.2, -0.15) is 0 Å². The van der Waals surface area contributed by atoms with Crippen molar-refractivity contribution < 1.29 is 9.53 Å². The number of carbonyl (C=O) groups excluding carboxylic acids is 1. The normalized spacial score (nSPS) is 13.7. The van der Waals surface area contributed by atoms with Gasteiger partial charge in [0.05, 0.1) is 7.11 Å². The molecule has 0 saturated heterocycles. The monoisotopic (exact) mass is 278 g/mol. The van der Waals surface area contributed by atoms with Crippen LogP contribution in [-0.4, -0.2) is 38.3 Å². The molecule has 0 bridgehead atoms. The van der Waals surface area contributed by atoms with Crippen molar-refractivity contribution in [3.8, 4) is 0 Å². The Labute approximate surface area is 122 Å².